The molecule has 0 aromatic heterocycles. The third-order valence-electron chi connectivity index (χ3n) is 2.19. The van der Waals surface area contributed by atoms with E-state index in [1.807, 2.05) is 18.2 Å². The third kappa shape index (κ3) is 1.68. The molecule has 0 aliphatic heterocycles. The first kappa shape index (κ1) is 10.6. The third-order valence-corrected chi connectivity index (χ3v) is 3.51. The number of fused-ring (bicyclic) bond motifs is 1. The van der Waals surface area contributed by atoms with Gasteiger partial charge in [0.25, 0.3) is 0 Å². The Labute approximate surface area is 103 Å². The van der Waals surface area contributed by atoms with Crippen molar-refractivity contribution in [2.24, 2.45) is 0 Å². The summed E-state index contributed by atoms with van der Waals surface area (Å²) in [6.07, 6.45) is 0.638. The number of phenols is 1. The predicted molar refractivity (Wildman–Crippen MR) is 66.4 cm³/mol. The highest BCUT2D eigenvalue weighted by Crippen LogP contribution is 2.38. The Bertz CT molecular complexity index is 550. The van der Waals surface area contributed by atoms with E-state index in [-0.39, 0.29) is 11.3 Å². The van der Waals surface area contributed by atoms with Gasteiger partial charge in [-0.25, -0.2) is 0 Å². The largest absolute Gasteiger partial charge is 0.507 e. The summed E-state index contributed by atoms with van der Waals surface area (Å²) < 4.78 is 1.56. The second kappa shape index (κ2) is 3.94. The molecular weight excluding hydrogens is 324 g/mol. The maximum absolute atomic E-state index is 10.7. The molecule has 0 aliphatic rings. The average Bonchev–Trinajstić information content (AvgIpc) is 2.23. The zero-order valence-corrected chi connectivity index (χ0v) is 10.7. The van der Waals surface area contributed by atoms with Crippen LogP contribution in [0.5, 0.6) is 5.75 Å². The fraction of sp³-hybridized carbons (Fsp3) is 0. The molecule has 0 saturated carbocycles. The summed E-state index contributed by atoms with van der Waals surface area (Å²) in [7, 11) is 0. The van der Waals surface area contributed by atoms with Crippen molar-refractivity contribution in [1.29, 1.82) is 0 Å². The molecule has 0 fully saturated rings. The molecule has 0 radical (unpaired) electrons. The first-order chi connectivity index (χ1) is 7.15. The second-order valence-corrected chi connectivity index (χ2v) is 4.79. The molecule has 76 valence electrons. The number of benzene rings is 2. The Morgan fingerprint density at radius 2 is 1.93 bits per heavy atom. The highest BCUT2D eigenvalue weighted by molar-refractivity contribution is 9.11. The minimum absolute atomic E-state index is 0.00988. The SMILES string of the molecule is O=Cc1cc(Br)c2cccc(Br)c2c1O. The lowest BCUT2D eigenvalue weighted by molar-refractivity contribution is 0.112. The van der Waals surface area contributed by atoms with Crippen LogP contribution in [0.15, 0.2) is 33.2 Å². The number of phenolic OH excluding ortho intramolecular Hbond substituents is 1. The van der Waals surface area contributed by atoms with E-state index in [0.717, 1.165) is 14.3 Å². The fourth-order valence-corrected chi connectivity index (χ4v) is 2.61. The van der Waals surface area contributed by atoms with Gasteiger partial charge in [-0.05, 0) is 12.1 Å². The number of carbonyl (C=O) groups excluding carboxylic acids is 1. The molecule has 2 aromatic carbocycles. The smallest absolute Gasteiger partial charge is 0.153 e. The molecule has 15 heavy (non-hydrogen) atoms. The van der Waals surface area contributed by atoms with E-state index in [4.69, 9.17) is 0 Å². The van der Waals surface area contributed by atoms with Gasteiger partial charge in [0.05, 0.1) is 5.56 Å². The van der Waals surface area contributed by atoms with Crippen LogP contribution in [0, 0.1) is 0 Å². The van der Waals surface area contributed by atoms with Crippen molar-refractivity contribution in [1.82, 2.24) is 0 Å². The molecule has 1 N–H and O–H groups in total. The van der Waals surface area contributed by atoms with E-state index in [1.54, 1.807) is 6.07 Å². The van der Waals surface area contributed by atoms with Crippen molar-refractivity contribution in [2.75, 3.05) is 0 Å². The van der Waals surface area contributed by atoms with Crippen LogP contribution >= 0.6 is 31.9 Å². The van der Waals surface area contributed by atoms with Gasteiger partial charge in [-0.15, -0.1) is 0 Å². The summed E-state index contributed by atoms with van der Waals surface area (Å²) in [5.41, 5.74) is 0.279. The fourth-order valence-electron chi connectivity index (χ4n) is 1.48. The summed E-state index contributed by atoms with van der Waals surface area (Å²) in [6, 6.07) is 7.18. The summed E-state index contributed by atoms with van der Waals surface area (Å²) in [5, 5.41) is 11.4. The highest BCUT2D eigenvalue weighted by Gasteiger charge is 2.11. The Hall–Kier alpha value is -0.870. The minimum Gasteiger partial charge on any atom is -0.507 e. The van der Waals surface area contributed by atoms with Crippen molar-refractivity contribution in [2.45, 2.75) is 0 Å². The molecule has 0 saturated heterocycles. The van der Waals surface area contributed by atoms with Gasteiger partial charge in [-0.1, -0.05) is 44.0 Å². The molecule has 0 heterocycles. The van der Waals surface area contributed by atoms with Crippen molar-refractivity contribution in [3.05, 3.63) is 38.8 Å². The van der Waals surface area contributed by atoms with E-state index < -0.39 is 0 Å². The monoisotopic (exact) mass is 328 g/mol. The number of hydrogen-bond acceptors (Lipinski definition) is 2. The van der Waals surface area contributed by atoms with Crippen LogP contribution in [0.25, 0.3) is 10.8 Å². The quantitative estimate of drug-likeness (QED) is 0.806. The van der Waals surface area contributed by atoms with E-state index >= 15 is 0 Å². The number of rotatable bonds is 1. The van der Waals surface area contributed by atoms with Gasteiger partial charge < -0.3 is 5.11 Å². The summed E-state index contributed by atoms with van der Waals surface area (Å²) in [5.74, 6) is 0.00988. The topological polar surface area (TPSA) is 37.3 Å². The maximum atomic E-state index is 10.7. The van der Waals surface area contributed by atoms with Crippen molar-refractivity contribution in [3.63, 3.8) is 0 Å². The van der Waals surface area contributed by atoms with E-state index in [0.29, 0.717) is 11.7 Å². The summed E-state index contributed by atoms with van der Waals surface area (Å²) in [6.45, 7) is 0. The first-order valence-electron chi connectivity index (χ1n) is 4.20. The Kier molecular flexibility index (Phi) is 2.80. The van der Waals surface area contributed by atoms with Crippen LogP contribution in [0.3, 0.4) is 0 Å². The van der Waals surface area contributed by atoms with Crippen LogP contribution in [-0.2, 0) is 0 Å². The van der Waals surface area contributed by atoms with Crippen LogP contribution in [-0.4, -0.2) is 11.4 Å². The molecule has 4 heteroatoms. The molecule has 2 aromatic rings. The second-order valence-electron chi connectivity index (χ2n) is 3.08. The predicted octanol–water partition coefficient (Wildman–Crippen LogP) is 3.88. The number of hydrogen-bond donors (Lipinski definition) is 1. The Morgan fingerprint density at radius 1 is 1.20 bits per heavy atom. The van der Waals surface area contributed by atoms with Gasteiger partial charge in [0.15, 0.2) is 6.29 Å². The maximum Gasteiger partial charge on any atom is 0.153 e. The average molecular weight is 330 g/mol. The van der Waals surface area contributed by atoms with Gasteiger partial charge in [0.1, 0.15) is 5.75 Å². The molecule has 0 atom stereocenters. The van der Waals surface area contributed by atoms with Crippen LogP contribution in [0.1, 0.15) is 10.4 Å². The Balaban J connectivity index is 3.01. The molecule has 0 spiro atoms. The lowest BCUT2D eigenvalue weighted by Crippen LogP contribution is -1.86. The van der Waals surface area contributed by atoms with Gasteiger partial charge in [0, 0.05) is 19.7 Å². The molecule has 2 rings (SSSR count). The normalized spacial score (nSPS) is 10.5. The van der Waals surface area contributed by atoms with Crippen molar-refractivity contribution in [3.8, 4) is 5.75 Å². The standard InChI is InChI=1S/C11H6Br2O2/c12-8-3-1-2-7-9(13)4-6(5-14)11(15)10(7)8/h1-5,15H. The lowest BCUT2D eigenvalue weighted by Gasteiger charge is -2.07. The zero-order valence-electron chi connectivity index (χ0n) is 7.50. The van der Waals surface area contributed by atoms with E-state index in [2.05, 4.69) is 31.9 Å². The summed E-state index contributed by atoms with van der Waals surface area (Å²) >= 11 is 6.71. The van der Waals surface area contributed by atoms with E-state index in [9.17, 15) is 9.90 Å². The number of aldehydes is 1. The van der Waals surface area contributed by atoms with Gasteiger partial charge in [-0.2, -0.15) is 0 Å². The Morgan fingerprint density at radius 3 is 2.60 bits per heavy atom. The minimum atomic E-state index is 0.00988. The first-order valence-corrected chi connectivity index (χ1v) is 5.78. The van der Waals surface area contributed by atoms with E-state index in [1.165, 1.54) is 0 Å². The van der Waals surface area contributed by atoms with Gasteiger partial charge in [0.2, 0.25) is 0 Å². The highest BCUT2D eigenvalue weighted by atomic mass is 79.9. The van der Waals surface area contributed by atoms with Crippen LogP contribution < -0.4 is 0 Å². The number of carbonyl (C=O) groups is 1. The van der Waals surface area contributed by atoms with Crippen molar-refractivity contribution >= 4 is 48.9 Å². The lowest BCUT2D eigenvalue weighted by atomic mass is 10.1. The molecular formula is C11H6Br2O2. The van der Waals surface area contributed by atoms with Gasteiger partial charge in [-0.3, -0.25) is 4.79 Å². The molecule has 0 unspecified atom stereocenters. The molecule has 0 amide bonds. The summed E-state index contributed by atoms with van der Waals surface area (Å²) in [4.78, 5) is 10.7. The number of halogens is 2. The van der Waals surface area contributed by atoms with Gasteiger partial charge >= 0.3 is 0 Å². The van der Waals surface area contributed by atoms with Crippen molar-refractivity contribution < 1.29 is 9.90 Å². The molecule has 0 aliphatic carbocycles. The van der Waals surface area contributed by atoms with Crippen LogP contribution in [0.4, 0.5) is 0 Å². The van der Waals surface area contributed by atoms with Crippen LogP contribution in [0.2, 0.25) is 0 Å². The number of aromatic hydroxyl groups is 1. The molecule has 0 bridgehead atoms. The zero-order chi connectivity index (χ0) is 11.0. The molecule has 2 nitrogen and oxygen atoms in total.